The van der Waals surface area contributed by atoms with Crippen LogP contribution >= 0.6 is 0 Å². The Bertz CT molecular complexity index is 1140. The predicted octanol–water partition coefficient (Wildman–Crippen LogP) is 2.16. The molecule has 0 radical (unpaired) electrons. The number of rotatable bonds is 6. The number of aromatic amines is 1. The summed E-state index contributed by atoms with van der Waals surface area (Å²) in [6.07, 6.45) is 1.07. The summed E-state index contributed by atoms with van der Waals surface area (Å²) in [4.78, 5) is 36.2. The van der Waals surface area contributed by atoms with E-state index < -0.39 is 0 Å². The van der Waals surface area contributed by atoms with Crippen LogP contribution < -0.4 is 5.56 Å². The van der Waals surface area contributed by atoms with Gasteiger partial charge in [0.15, 0.2) is 0 Å². The molecule has 168 valence electrons. The fourth-order valence-corrected chi connectivity index (χ4v) is 4.29. The van der Waals surface area contributed by atoms with Crippen LogP contribution in [0.3, 0.4) is 0 Å². The lowest BCUT2D eigenvalue weighted by Crippen LogP contribution is -2.48. The number of carbonyl (C=O) groups is 1. The molecule has 1 saturated heterocycles. The van der Waals surface area contributed by atoms with Gasteiger partial charge >= 0.3 is 0 Å². The van der Waals surface area contributed by atoms with E-state index in [1.54, 1.807) is 11.6 Å². The minimum atomic E-state index is -0.205. The maximum absolute atomic E-state index is 12.8. The Hall–Kier alpha value is -3.26. The highest BCUT2D eigenvalue weighted by atomic mass is 16.2. The van der Waals surface area contributed by atoms with Gasteiger partial charge in [0.05, 0.1) is 5.69 Å². The molecule has 1 fully saturated rings. The van der Waals surface area contributed by atoms with Crippen molar-refractivity contribution in [2.45, 2.75) is 40.2 Å². The summed E-state index contributed by atoms with van der Waals surface area (Å²) in [5, 5.41) is 4.56. The van der Waals surface area contributed by atoms with E-state index in [1.165, 1.54) is 11.6 Å². The Morgan fingerprint density at radius 1 is 1.06 bits per heavy atom. The van der Waals surface area contributed by atoms with Crippen LogP contribution in [0.2, 0.25) is 0 Å². The third-order valence-corrected chi connectivity index (χ3v) is 6.06. The van der Waals surface area contributed by atoms with E-state index in [2.05, 4.69) is 44.2 Å². The molecule has 1 aliphatic rings. The second kappa shape index (κ2) is 9.48. The number of piperazine rings is 1. The van der Waals surface area contributed by atoms with Gasteiger partial charge in [0, 0.05) is 56.6 Å². The first kappa shape index (κ1) is 22.0. The highest BCUT2D eigenvalue weighted by molar-refractivity contribution is 5.76. The molecule has 3 heterocycles. The first-order valence-corrected chi connectivity index (χ1v) is 11.1. The standard InChI is InChI=1S/C24H30N6O2/c1-17-15-22(31)26-24(25-17)30-19(3)21(18(2)27-30)9-10-23(32)29-13-11-28(12-14-29)16-20-7-5-4-6-8-20/h4-8,15H,9-14,16H2,1-3H3,(H,25,26,31). The van der Waals surface area contributed by atoms with Crippen molar-refractivity contribution in [2.75, 3.05) is 26.2 Å². The van der Waals surface area contributed by atoms with E-state index >= 15 is 0 Å². The zero-order chi connectivity index (χ0) is 22.7. The molecule has 1 aliphatic heterocycles. The number of hydrogen-bond acceptors (Lipinski definition) is 5. The fraction of sp³-hybridized carbons (Fsp3) is 0.417. The van der Waals surface area contributed by atoms with Gasteiger partial charge in [-0.25, -0.2) is 9.67 Å². The zero-order valence-electron chi connectivity index (χ0n) is 19.0. The summed E-state index contributed by atoms with van der Waals surface area (Å²) < 4.78 is 1.66. The van der Waals surface area contributed by atoms with Crippen molar-refractivity contribution in [1.29, 1.82) is 0 Å². The number of nitrogens with one attached hydrogen (secondary N) is 1. The lowest BCUT2D eigenvalue weighted by Gasteiger charge is -2.34. The highest BCUT2D eigenvalue weighted by Gasteiger charge is 2.22. The van der Waals surface area contributed by atoms with Gasteiger partial charge < -0.3 is 4.90 Å². The largest absolute Gasteiger partial charge is 0.340 e. The van der Waals surface area contributed by atoms with Gasteiger partial charge in [-0.05, 0) is 38.3 Å². The number of benzene rings is 1. The average Bonchev–Trinajstić information content (AvgIpc) is 3.06. The van der Waals surface area contributed by atoms with Crippen molar-refractivity contribution >= 4 is 5.91 Å². The predicted molar refractivity (Wildman–Crippen MR) is 123 cm³/mol. The molecule has 0 bridgehead atoms. The number of amides is 1. The fourth-order valence-electron chi connectivity index (χ4n) is 4.29. The molecule has 1 N–H and O–H groups in total. The maximum atomic E-state index is 12.8. The van der Waals surface area contributed by atoms with Crippen LogP contribution in [0.4, 0.5) is 0 Å². The molecule has 2 aromatic heterocycles. The van der Waals surface area contributed by atoms with Crippen molar-refractivity contribution < 1.29 is 4.79 Å². The Balaban J connectivity index is 1.34. The van der Waals surface area contributed by atoms with Gasteiger partial charge in [0.2, 0.25) is 11.9 Å². The molecule has 0 saturated carbocycles. The van der Waals surface area contributed by atoms with Crippen LogP contribution in [0, 0.1) is 20.8 Å². The minimum absolute atomic E-state index is 0.179. The Kier molecular flexibility index (Phi) is 6.50. The number of carbonyl (C=O) groups excluding carboxylic acids is 1. The van der Waals surface area contributed by atoms with E-state index in [9.17, 15) is 9.59 Å². The van der Waals surface area contributed by atoms with Gasteiger partial charge in [-0.3, -0.25) is 19.5 Å². The highest BCUT2D eigenvalue weighted by Crippen LogP contribution is 2.18. The summed E-state index contributed by atoms with van der Waals surface area (Å²) in [5.74, 6) is 0.584. The van der Waals surface area contributed by atoms with Crippen molar-refractivity contribution in [3.05, 3.63) is 75.0 Å². The van der Waals surface area contributed by atoms with Crippen molar-refractivity contribution in [3.63, 3.8) is 0 Å². The van der Waals surface area contributed by atoms with E-state index in [-0.39, 0.29) is 11.5 Å². The summed E-state index contributed by atoms with van der Waals surface area (Å²) in [6, 6.07) is 11.9. The minimum Gasteiger partial charge on any atom is -0.340 e. The smallest absolute Gasteiger partial charge is 0.252 e. The van der Waals surface area contributed by atoms with Crippen LogP contribution in [0.15, 0.2) is 41.2 Å². The lowest BCUT2D eigenvalue weighted by atomic mass is 10.1. The van der Waals surface area contributed by atoms with Gasteiger partial charge in [-0.1, -0.05) is 30.3 Å². The first-order chi connectivity index (χ1) is 15.4. The monoisotopic (exact) mass is 434 g/mol. The molecule has 8 heteroatoms. The Morgan fingerprint density at radius 3 is 2.47 bits per heavy atom. The molecule has 0 atom stereocenters. The summed E-state index contributed by atoms with van der Waals surface area (Å²) >= 11 is 0. The number of aromatic nitrogens is 4. The van der Waals surface area contributed by atoms with Crippen LogP contribution in [0.1, 0.15) is 34.6 Å². The lowest BCUT2D eigenvalue weighted by molar-refractivity contribution is -0.133. The second-order valence-corrected chi connectivity index (χ2v) is 8.41. The zero-order valence-corrected chi connectivity index (χ0v) is 19.0. The molecule has 0 unspecified atom stereocenters. The quantitative estimate of drug-likeness (QED) is 0.642. The summed E-state index contributed by atoms with van der Waals surface area (Å²) in [5.41, 5.74) is 4.52. The van der Waals surface area contributed by atoms with Gasteiger partial charge in [0.25, 0.3) is 5.56 Å². The topological polar surface area (TPSA) is 87.1 Å². The van der Waals surface area contributed by atoms with Crippen LogP contribution in [0.25, 0.3) is 5.95 Å². The summed E-state index contributed by atoms with van der Waals surface area (Å²) in [7, 11) is 0. The van der Waals surface area contributed by atoms with E-state index in [1.807, 2.05) is 24.8 Å². The third kappa shape index (κ3) is 4.96. The molecule has 0 aliphatic carbocycles. The Labute approximate surface area is 187 Å². The molecule has 4 rings (SSSR count). The SMILES string of the molecule is Cc1cc(=O)[nH]c(-n2nc(C)c(CCC(=O)N3CCN(Cc4ccccc4)CC3)c2C)n1. The van der Waals surface area contributed by atoms with Gasteiger partial charge in [0.1, 0.15) is 0 Å². The molecule has 1 aromatic carbocycles. The van der Waals surface area contributed by atoms with E-state index in [0.717, 1.165) is 49.7 Å². The second-order valence-electron chi connectivity index (χ2n) is 8.41. The molecule has 8 nitrogen and oxygen atoms in total. The van der Waals surface area contributed by atoms with Gasteiger partial charge in [-0.15, -0.1) is 0 Å². The third-order valence-electron chi connectivity index (χ3n) is 6.06. The van der Waals surface area contributed by atoms with E-state index in [0.29, 0.717) is 24.5 Å². The molecular formula is C24H30N6O2. The van der Waals surface area contributed by atoms with Crippen LogP contribution in [0.5, 0.6) is 0 Å². The molecule has 3 aromatic rings. The van der Waals surface area contributed by atoms with E-state index in [4.69, 9.17) is 0 Å². The number of H-pyrrole nitrogens is 1. The molecular weight excluding hydrogens is 404 g/mol. The average molecular weight is 435 g/mol. The number of hydrogen-bond donors (Lipinski definition) is 1. The molecule has 0 spiro atoms. The number of nitrogens with zero attached hydrogens (tertiary/aromatic N) is 5. The van der Waals surface area contributed by atoms with Crippen molar-refractivity contribution in [2.24, 2.45) is 0 Å². The number of aryl methyl sites for hydroxylation is 2. The van der Waals surface area contributed by atoms with Crippen molar-refractivity contribution in [3.8, 4) is 5.95 Å². The van der Waals surface area contributed by atoms with Crippen molar-refractivity contribution in [1.82, 2.24) is 29.5 Å². The molecule has 32 heavy (non-hydrogen) atoms. The van der Waals surface area contributed by atoms with Crippen LogP contribution in [-0.2, 0) is 17.8 Å². The van der Waals surface area contributed by atoms with Crippen LogP contribution in [-0.4, -0.2) is 61.6 Å². The van der Waals surface area contributed by atoms with Gasteiger partial charge in [-0.2, -0.15) is 5.10 Å². The normalized spacial score (nSPS) is 14.7. The Morgan fingerprint density at radius 2 is 1.78 bits per heavy atom. The summed E-state index contributed by atoms with van der Waals surface area (Å²) in [6.45, 7) is 9.89. The molecule has 1 amide bonds. The maximum Gasteiger partial charge on any atom is 0.252 e. The first-order valence-electron chi connectivity index (χ1n) is 11.1.